The Labute approximate surface area is 233 Å². The standard InChI is InChI=1S/C13H21NO7.C12H19NO6/c1-2-18-7-8-20-10-9-19-6-5-13(17)21-14-11(15)3-4-12(14)16;1-2-6-17-8-9-18-7-5-12(16)19-13-10(14)3-4-11(13)15/h2-10H2,1H3;2-9H2,1H3. The summed E-state index contributed by atoms with van der Waals surface area (Å²) < 4.78 is 25.8. The molecule has 0 aromatic rings. The van der Waals surface area contributed by atoms with Crippen LogP contribution in [0.15, 0.2) is 0 Å². The van der Waals surface area contributed by atoms with E-state index in [9.17, 15) is 28.8 Å². The Balaban J connectivity index is 0.000000402. The molecule has 0 aromatic heterocycles. The smallest absolute Gasteiger partial charge is 0.335 e. The number of imide groups is 2. The van der Waals surface area contributed by atoms with Gasteiger partial charge in [-0.2, -0.15) is 0 Å². The topological polar surface area (TPSA) is 174 Å². The van der Waals surface area contributed by atoms with Gasteiger partial charge in [0.05, 0.1) is 65.7 Å². The Bertz CT molecular complexity index is 789. The molecule has 15 nitrogen and oxygen atoms in total. The Morgan fingerprint density at radius 1 is 0.525 bits per heavy atom. The van der Waals surface area contributed by atoms with E-state index in [1.807, 2.05) is 13.8 Å². The number of carbonyl (C=O) groups is 6. The largest absolute Gasteiger partial charge is 0.379 e. The Morgan fingerprint density at radius 2 is 0.850 bits per heavy atom. The van der Waals surface area contributed by atoms with Gasteiger partial charge in [0, 0.05) is 38.9 Å². The number of ether oxygens (including phenoxy) is 5. The van der Waals surface area contributed by atoms with Crippen LogP contribution in [0.1, 0.15) is 58.8 Å². The molecular formula is C25H40N2O13. The zero-order chi connectivity index (χ0) is 29.6. The lowest BCUT2D eigenvalue weighted by Gasteiger charge is -2.12. The normalized spacial score (nSPS) is 14.9. The van der Waals surface area contributed by atoms with Crippen molar-refractivity contribution in [3.05, 3.63) is 0 Å². The van der Waals surface area contributed by atoms with Crippen LogP contribution >= 0.6 is 0 Å². The average Bonchev–Trinajstić information content (AvgIpc) is 3.42. The zero-order valence-corrected chi connectivity index (χ0v) is 23.2. The monoisotopic (exact) mass is 576 g/mol. The molecule has 0 spiro atoms. The highest BCUT2D eigenvalue weighted by Gasteiger charge is 2.33. The van der Waals surface area contributed by atoms with Crippen LogP contribution in [-0.2, 0) is 62.1 Å². The second-order valence-corrected chi connectivity index (χ2v) is 8.24. The molecular weight excluding hydrogens is 536 g/mol. The van der Waals surface area contributed by atoms with Gasteiger partial charge in [0.25, 0.3) is 23.6 Å². The van der Waals surface area contributed by atoms with E-state index in [1.54, 1.807) is 0 Å². The summed E-state index contributed by atoms with van der Waals surface area (Å²) in [5.74, 6) is -3.26. The number of amides is 4. The maximum atomic E-state index is 11.4. The van der Waals surface area contributed by atoms with Gasteiger partial charge in [-0.3, -0.25) is 19.2 Å². The predicted molar refractivity (Wildman–Crippen MR) is 134 cm³/mol. The highest BCUT2D eigenvalue weighted by molar-refractivity contribution is 6.02. The Kier molecular flexibility index (Phi) is 19.1. The van der Waals surface area contributed by atoms with E-state index < -0.39 is 35.6 Å². The number of hydroxylamine groups is 4. The Hall–Kier alpha value is -2.98. The molecule has 0 saturated carbocycles. The molecule has 2 fully saturated rings. The van der Waals surface area contributed by atoms with E-state index in [4.69, 9.17) is 23.7 Å². The van der Waals surface area contributed by atoms with Crippen molar-refractivity contribution in [1.29, 1.82) is 0 Å². The number of hydrogen-bond acceptors (Lipinski definition) is 13. The average molecular weight is 577 g/mol. The molecule has 2 aliphatic rings. The van der Waals surface area contributed by atoms with Crippen molar-refractivity contribution in [1.82, 2.24) is 10.1 Å². The fraction of sp³-hybridized carbons (Fsp3) is 0.760. The predicted octanol–water partition coefficient (Wildman–Crippen LogP) is 0.480. The van der Waals surface area contributed by atoms with Gasteiger partial charge in [0.2, 0.25) is 0 Å². The summed E-state index contributed by atoms with van der Waals surface area (Å²) in [6.07, 6.45) is 1.27. The first-order valence-electron chi connectivity index (χ1n) is 13.3. The molecule has 0 bridgehead atoms. The van der Waals surface area contributed by atoms with Crippen LogP contribution in [0.25, 0.3) is 0 Å². The van der Waals surface area contributed by atoms with Crippen molar-refractivity contribution < 1.29 is 62.1 Å². The minimum absolute atomic E-state index is 0.00909. The van der Waals surface area contributed by atoms with Crippen LogP contribution in [0.2, 0.25) is 0 Å². The van der Waals surface area contributed by atoms with Crippen molar-refractivity contribution in [2.24, 2.45) is 0 Å². The van der Waals surface area contributed by atoms with Gasteiger partial charge < -0.3 is 33.4 Å². The van der Waals surface area contributed by atoms with Crippen LogP contribution in [-0.4, -0.2) is 112 Å². The summed E-state index contributed by atoms with van der Waals surface area (Å²) in [6.45, 7) is 8.25. The molecule has 2 saturated heterocycles. The first-order valence-corrected chi connectivity index (χ1v) is 13.3. The molecule has 0 aromatic carbocycles. The zero-order valence-electron chi connectivity index (χ0n) is 23.2. The molecule has 0 aliphatic carbocycles. The highest BCUT2D eigenvalue weighted by atomic mass is 16.7. The number of rotatable bonds is 20. The fourth-order valence-electron chi connectivity index (χ4n) is 2.97. The highest BCUT2D eigenvalue weighted by Crippen LogP contribution is 2.13. The fourth-order valence-corrected chi connectivity index (χ4v) is 2.97. The summed E-state index contributed by atoms with van der Waals surface area (Å²) in [6, 6.07) is 0. The lowest BCUT2D eigenvalue weighted by molar-refractivity contribution is -0.198. The summed E-state index contributed by atoms with van der Waals surface area (Å²) in [4.78, 5) is 76.9. The van der Waals surface area contributed by atoms with Crippen molar-refractivity contribution in [3.8, 4) is 0 Å². The van der Waals surface area contributed by atoms with Crippen LogP contribution in [0.4, 0.5) is 0 Å². The first-order chi connectivity index (χ1) is 19.3. The molecule has 40 heavy (non-hydrogen) atoms. The third-order valence-electron chi connectivity index (χ3n) is 4.97. The summed E-state index contributed by atoms with van der Waals surface area (Å²) >= 11 is 0. The summed E-state index contributed by atoms with van der Waals surface area (Å²) in [5.41, 5.74) is 0. The minimum Gasteiger partial charge on any atom is -0.379 e. The molecule has 2 heterocycles. The van der Waals surface area contributed by atoms with Crippen molar-refractivity contribution in [3.63, 3.8) is 0 Å². The third kappa shape index (κ3) is 15.6. The molecule has 0 N–H and O–H groups in total. The SMILES string of the molecule is CCCOCCOCCC(=O)ON1C(=O)CCC1=O.CCOCCOCCOCCC(=O)ON1C(=O)CCC1=O. The molecule has 2 aliphatic heterocycles. The van der Waals surface area contributed by atoms with E-state index in [1.165, 1.54) is 0 Å². The molecule has 0 unspecified atom stereocenters. The van der Waals surface area contributed by atoms with Crippen molar-refractivity contribution in [2.45, 2.75) is 58.8 Å². The molecule has 0 radical (unpaired) electrons. The maximum absolute atomic E-state index is 11.4. The second-order valence-electron chi connectivity index (χ2n) is 8.24. The van der Waals surface area contributed by atoms with Crippen LogP contribution < -0.4 is 0 Å². The van der Waals surface area contributed by atoms with Crippen molar-refractivity contribution >= 4 is 35.6 Å². The molecule has 15 heteroatoms. The minimum atomic E-state index is -0.670. The number of nitrogens with zero attached hydrogens (tertiary/aromatic N) is 2. The van der Waals surface area contributed by atoms with E-state index in [0.717, 1.165) is 6.42 Å². The van der Waals surface area contributed by atoms with Gasteiger partial charge in [-0.1, -0.05) is 6.92 Å². The van der Waals surface area contributed by atoms with Crippen LogP contribution in [0, 0.1) is 0 Å². The Morgan fingerprint density at radius 3 is 1.20 bits per heavy atom. The first kappa shape index (κ1) is 35.0. The molecule has 0 atom stereocenters. The van der Waals surface area contributed by atoms with E-state index in [2.05, 4.69) is 9.68 Å². The van der Waals surface area contributed by atoms with Gasteiger partial charge in [-0.25, -0.2) is 9.59 Å². The van der Waals surface area contributed by atoms with Gasteiger partial charge >= 0.3 is 11.9 Å². The van der Waals surface area contributed by atoms with E-state index in [-0.39, 0.29) is 51.7 Å². The number of hydrogen-bond donors (Lipinski definition) is 0. The van der Waals surface area contributed by atoms with E-state index >= 15 is 0 Å². The summed E-state index contributed by atoms with van der Waals surface area (Å²) in [7, 11) is 0. The van der Waals surface area contributed by atoms with Gasteiger partial charge in [-0.15, -0.1) is 10.1 Å². The lowest BCUT2D eigenvalue weighted by Crippen LogP contribution is -2.32. The van der Waals surface area contributed by atoms with Crippen LogP contribution in [0.5, 0.6) is 0 Å². The second kappa shape index (κ2) is 21.8. The molecule has 2 rings (SSSR count). The number of carbonyl (C=O) groups excluding carboxylic acids is 6. The van der Waals surface area contributed by atoms with Crippen LogP contribution in [0.3, 0.4) is 0 Å². The van der Waals surface area contributed by atoms with E-state index in [0.29, 0.717) is 63.0 Å². The quantitative estimate of drug-likeness (QED) is 0.145. The maximum Gasteiger partial charge on any atom is 0.335 e. The summed E-state index contributed by atoms with van der Waals surface area (Å²) in [5, 5.41) is 1.06. The third-order valence-corrected chi connectivity index (χ3v) is 4.97. The van der Waals surface area contributed by atoms with Gasteiger partial charge in [-0.05, 0) is 13.3 Å². The van der Waals surface area contributed by atoms with Gasteiger partial charge in [0.1, 0.15) is 0 Å². The van der Waals surface area contributed by atoms with Gasteiger partial charge in [0.15, 0.2) is 0 Å². The molecule has 4 amide bonds. The van der Waals surface area contributed by atoms with Crippen molar-refractivity contribution in [2.75, 3.05) is 66.1 Å². The molecule has 228 valence electrons. The lowest BCUT2D eigenvalue weighted by atomic mass is 10.4.